The first-order valence-electron chi connectivity index (χ1n) is 10.6. The van der Waals surface area contributed by atoms with Crippen molar-refractivity contribution in [3.05, 3.63) is 59.0 Å². The second kappa shape index (κ2) is 8.29. The largest absolute Gasteiger partial charge is 0.508 e. The first-order valence-corrected chi connectivity index (χ1v) is 10.6. The summed E-state index contributed by atoms with van der Waals surface area (Å²) in [5, 5.41) is 20.7. The predicted molar refractivity (Wildman–Crippen MR) is 123 cm³/mol. The third-order valence-electron chi connectivity index (χ3n) is 5.33. The summed E-state index contributed by atoms with van der Waals surface area (Å²) >= 11 is 0. The number of phenolic OH excluding ortho intramolecular Hbond substituents is 2. The van der Waals surface area contributed by atoms with Gasteiger partial charge in [-0.3, -0.25) is 0 Å². The molecule has 0 saturated heterocycles. The number of benzene rings is 2. The third-order valence-corrected chi connectivity index (χ3v) is 5.33. The van der Waals surface area contributed by atoms with Crippen LogP contribution in [0.5, 0.6) is 17.2 Å². The van der Waals surface area contributed by atoms with Crippen molar-refractivity contribution in [3.63, 3.8) is 0 Å². The normalized spacial score (nSPS) is 12.2. The van der Waals surface area contributed by atoms with E-state index < -0.39 is 0 Å². The van der Waals surface area contributed by atoms with Crippen molar-refractivity contribution >= 4 is 0 Å². The van der Waals surface area contributed by atoms with Gasteiger partial charge in [0, 0.05) is 29.2 Å². The highest BCUT2D eigenvalue weighted by atomic mass is 16.5. The maximum absolute atomic E-state index is 10.9. The van der Waals surface area contributed by atoms with Gasteiger partial charge in [0.1, 0.15) is 23.5 Å². The van der Waals surface area contributed by atoms with Crippen molar-refractivity contribution in [2.24, 2.45) is 0 Å². The number of rotatable bonds is 5. The summed E-state index contributed by atoms with van der Waals surface area (Å²) in [7, 11) is 0. The minimum atomic E-state index is -0.219. The van der Waals surface area contributed by atoms with Crippen molar-refractivity contribution in [2.45, 2.75) is 65.7 Å². The topological polar surface area (TPSA) is 75.7 Å². The maximum Gasteiger partial charge on any atom is 0.226 e. The molecule has 0 unspecified atom stereocenters. The molecule has 2 N–H and O–H groups in total. The Morgan fingerprint density at radius 2 is 1.55 bits per heavy atom. The van der Waals surface area contributed by atoms with E-state index in [1.54, 1.807) is 12.3 Å². The Hall–Kier alpha value is -2.95. The van der Waals surface area contributed by atoms with Gasteiger partial charge in [0.2, 0.25) is 5.89 Å². The van der Waals surface area contributed by atoms with E-state index in [1.165, 1.54) is 0 Å². The summed E-state index contributed by atoms with van der Waals surface area (Å²) in [5.74, 6) is 1.71. The zero-order valence-corrected chi connectivity index (χ0v) is 19.5. The molecule has 0 amide bonds. The predicted octanol–water partition coefficient (Wildman–Crippen LogP) is 6.28. The van der Waals surface area contributed by atoms with Gasteiger partial charge in [-0.2, -0.15) is 0 Å². The SMILES string of the molecule is Cc1ccc(OCCc2coc(-c3cc(C(C)(C)C)c(O)c(C(C)(C)C)c3)n2)cc1O. The van der Waals surface area contributed by atoms with Crippen LogP contribution in [-0.4, -0.2) is 21.8 Å². The number of nitrogens with zero attached hydrogens (tertiary/aromatic N) is 1. The van der Waals surface area contributed by atoms with E-state index in [2.05, 4.69) is 46.5 Å². The van der Waals surface area contributed by atoms with Crippen LogP contribution < -0.4 is 4.74 Å². The summed E-state index contributed by atoms with van der Waals surface area (Å²) in [5.41, 5.74) is 3.75. The highest BCUT2D eigenvalue weighted by Gasteiger charge is 2.27. The van der Waals surface area contributed by atoms with Gasteiger partial charge in [-0.25, -0.2) is 4.98 Å². The first kappa shape index (κ1) is 22.7. The lowest BCUT2D eigenvalue weighted by Crippen LogP contribution is -2.17. The molecule has 0 spiro atoms. The van der Waals surface area contributed by atoms with Crippen LogP contribution in [0.2, 0.25) is 0 Å². The molecule has 31 heavy (non-hydrogen) atoms. The molecule has 1 aromatic heterocycles. The van der Waals surface area contributed by atoms with E-state index in [-0.39, 0.29) is 16.6 Å². The monoisotopic (exact) mass is 423 g/mol. The van der Waals surface area contributed by atoms with E-state index in [9.17, 15) is 10.2 Å². The van der Waals surface area contributed by atoms with Crippen LogP contribution in [0.15, 0.2) is 41.0 Å². The average molecular weight is 424 g/mol. The molecule has 0 radical (unpaired) electrons. The van der Waals surface area contributed by atoms with Crippen LogP contribution in [0.4, 0.5) is 0 Å². The highest BCUT2D eigenvalue weighted by molar-refractivity contribution is 5.63. The van der Waals surface area contributed by atoms with E-state index in [0.29, 0.717) is 30.4 Å². The second-order valence-corrected chi connectivity index (χ2v) is 10.1. The quantitative estimate of drug-likeness (QED) is 0.505. The molecule has 0 aliphatic heterocycles. The minimum absolute atomic E-state index is 0.219. The molecule has 3 aromatic rings. The molecule has 0 atom stereocenters. The maximum atomic E-state index is 10.9. The molecular weight excluding hydrogens is 390 g/mol. The lowest BCUT2D eigenvalue weighted by molar-refractivity contribution is 0.318. The van der Waals surface area contributed by atoms with E-state index in [0.717, 1.165) is 27.9 Å². The number of hydrogen-bond donors (Lipinski definition) is 2. The zero-order chi connectivity index (χ0) is 23.0. The fraction of sp³-hybridized carbons (Fsp3) is 0.423. The van der Waals surface area contributed by atoms with Crippen molar-refractivity contribution in [3.8, 4) is 28.7 Å². The molecule has 0 aliphatic rings. The van der Waals surface area contributed by atoms with Crippen molar-refractivity contribution < 1.29 is 19.4 Å². The lowest BCUT2D eigenvalue weighted by Gasteiger charge is -2.27. The molecule has 5 nitrogen and oxygen atoms in total. The van der Waals surface area contributed by atoms with Gasteiger partial charge in [0.25, 0.3) is 0 Å². The summed E-state index contributed by atoms with van der Waals surface area (Å²) in [6.07, 6.45) is 2.22. The number of hydrogen-bond acceptors (Lipinski definition) is 5. The molecule has 5 heteroatoms. The van der Waals surface area contributed by atoms with E-state index in [4.69, 9.17) is 9.15 Å². The molecule has 3 rings (SSSR count). The van der Waals surface area contributed by atoms with Gasteiger partial charge in [-0.05, 0) is 41.5 Å². The fourth-order valence-corrected chi connectivity index (χ4v) is 3.41. The number of aromatic nitrogens is 1. The number of phenols is 2. The molecule has 0 fully saturated rings. The number of ether oxygens (including phenoxy) is 1. The van der Waals surface area contributed by atoms with Gasteiger partial charge in [0.05, 0.1) is 12.3 Å². The van der Waals surface area contributed by atoms with E-state index in [1.807, 2.05) is 31.2 Å². The number of oxazole rings is 1. The van der Waals surface area contributed by atoms with Gasteiger partial charge in [0.15, 0.2) is 0 Å². The minimum Gasteiger partial charge on any atom is -0.508 e. The van der Waals surface area contributed by atoms with Crippen LogP contribution >= 0.6 is 0 Å². The number of aryl methyl sites for hydroxylation is 1. The molecule has 2 aromatic carbocycles. The Bertz CT molecular complexity index is 1030. The van der Waals surface area contributed by atoms with Crippen molar-refractivity contribution in [1.82, 2.24) is 4.98 Å². The molecule has 1 heterocycles. The molecular formula is C26H33NO4. The van der Waals surface area contributed by atoms with Gasteiger partial charge in [-0.1, -0.05) is 47.6 Å². The van der Waals surface area contributed by atoms with Crippen LogP contribution in [0, 0.1) is 6.92 Å². The molecule has 0 aliphatic carbocycles. The molecule has 166 valence electrons. The smallest absolute Gasteiger partial charge is 0.226 e. The zero-order valence-electron chi connectivity index (χ0n) is 19.5. The van der Waals surface area contributed by atoms with Gasteiger partial charge < -0.3 is 19.4 Å². The summed E-state index contributed by atoms with van der Waals surface area (Å²) < 4.78 is 11.5. The lowest BCUT2D eigenvalue weighted by atomic mass is 9.78. The Kier molecular flexibility index (Phi) is 6.08. The first-order chi connectivity index (χ1) is 14.4. The van der Waals surface area contributed by atoms with Crippen LogP contribution in [0.25, 0.3) is 11.5 Å². The standard InChI is InChI=1S/C26H33NO4/c1-16-8-9-19(14-22(16)28)30-11-10-18-15-31-24(27-18)17-12-20(25(2,3)4)23(29)21(13-17)26(5,6)7/h8-9,12-15,28-29H,10-11H2,1-7H3. The van der Waals surface area contributed by atoms with Gasteiger partial charge in [-0.15, -0.1) is 0 Å². The third kappa shape index (κ3) is 5.22. The Balaban J connectivity index is 1.82. The Morgan fingerprint density at radius 1 is 0.935 bits per heavy atom. The van der Waals surface area contributed by atoms with Crippen LogP contribution in [0.1, 0.15) is 63.9 Å². The second-order valence-electron chi connectivity index (χ2n) is 10.1. The van der Waals surface area contributed by atoms with Crippen molar-refractivity contribution in [2.75, 3.05) is 6.61 Å². The summed E-state index contributed by atoms with van der Waals surface area (Å²) in [6.45, 7) is 14.8. The average Bonchev–Trinajstić information content (AvgIpc) is 3.12. The number of aromatic hydroxyl groups is 2. The van der Waals surface area contributed by atoms with E-state index >= 15 is 0 Å². The Morgan fingerprint density at radius 3 is 2.10 bits per heavy atom. The fourth-order valence-electron chi connectivity index (χ4n) is 3.41. The Labute approximate surface area is 184 Å². The summed E-state index contributed by atoms with van der Waals surface area (Å²) in [6, 6.07) is 9.20. The van der Waals surface area contributed by atoms with Gasteiger partial charge >= 0.3 is 0 Å². The van der Waals surface area contributed by atoms with Crippen LogP contribution in [-0.2, 0) is 17.3 Å². The van der Waals surface area contributed by atoms with Crippen LogP contribution in [0.3, 0.4) is 0 Å². The molecule has 0 saturated carbocycles. The van der Waals surface area contributed by atoms with Crippen molar-refractivity contribution in [1.29, 1.82) is 0 Å². The summed E-state index contributed by atoms with van der Waals surface area (Å²) in [4.78, 5) is 4.64. The highest BCUT2D eigenvalue weighted by Crippen LogP contribution is 2.41. The molecule has 0 bridgehead atoms.